The van der Waals surface area contributed by atoms with Crippen molar-refractivity contribution in [2.45, 2.75) is 37.8 Å². The number of halogens is 1. The van der Waals surface area contributed by atoms with E-state index in [2.05, 4.69) is 58.6 Å². The number of nitrogens with two attached hydrogens (primary N) is 1. The molecule has 196 valence electrons. The third-order valence-corrected chi connectivity index (χ3v) is 7.94. The number of hydrogen-bond donors (Lipinski definition) is 1. The quantitative estimate of drug-likeness (QED) is 0.264. The molecular weight excluding hydrogens is 558 g/mol. The number of hydrogen-bond acceptors (Lipinski definition) is 6. The lowest BCUT2D eigenvalue weighted by Gasteiger charge is -2.15. The Morgan fingerprint density at radius 2 is 1.76 bits per heavy atom. The van der Waals surface area contributed by atoms with E-state index in [-0.39, 0.29) is 17.3 Å². The molecule has 3 aromatic carbocycles. The van der Waals surface area contributed by atoms with Crippen LogP contribution in [0.5, 0.6) is 11.5 Å². The fourth-order valence-electron chi connectivity index (χ4n) is 4.16. The Labute approximate surface area is 225 Å². The molecule has 0 atom stereocenters. The van der Waals surface area contributed by atoms with Crippen LogP contribution in [0.2, 0.25) is 0 Å². The normalized spacial score (nSPS) is 11.9. The van der Waals surface area contributed by atoms with Crippen LogP contribution in [0.3, 0.4) is 0 Å². The molecule has 0 amide bonds. The summed E-state index contributed by atoms with van der Waals surface area (Å²) >= 11 is 3.71. The lowest BCUT2D eigenvalue weighted by atomic mass is 10.0. The van der Waals surface area contributed by atoms with Gasteiger partial charge in [-0.2, -0.15) is 0 Å². The molecule has 0 unspecified atom stereocenters. The second kappa shape index (κ2) is 11.2. The van der Waals surface area contributed by atoms with Gasteiger partial charge in [-0.3, -0.25) is 0 Å². The summed E-state index contributed by atoms with van der Waals surface area (Å²) in [5, 5.41) is 5.36. The average molecular weight is 589 g/mol. The highest BCUT2D eigenvalue weighted by molar-refractivity contribution is 9.10. The molecular formula is C27H30BrN3O5S. The van der Waals surface area contributed by atoms with E-state index in [1.165, 1.54) is 11.6 Å². The number of imidazole rings is 1. The van der Waals surface area contributed by atoms with Crippen LogP contribution in [0.4, 0.5) is 0 Å². The molecule has 0 spiro atoms. The van der Waals surface area contributed by atoms with Crippen molar-refractivity contribution in [2.75, 3.05) is 20.8 Å². The SMILES string of the molecule is COCCn1c(-c2ccc(C(C)C)cc2)nc2c(Br)c(COc3ccccc3S(N)(=O)=O)cc(OC)c21. The number of nitrogens with zero attached hydrogens (tertiary/aromatic N) is 2. The predicted octanol–water partition coefficient (Wildman–Crippen LogP) is 5.47. The Balaban J connectivity index is 1.81. The van der Waals surface area contributed by atoms with E-state index in [0.29, 0.717) is 30.3 Å². The van der Waals surface area contributed by atoms with Crippen LogP contribution >= 0.6 is 15.9 Å². The number of aromatic nitrogens is 2. The van der Waals surface area contributed by atoms with Gasteiger partial charge >= 0.3 is 0 Å². The van der Waals surface area contributed by atoms with Crippen molar-refractivity contribution in [3.05, 3.63) is 70.2 Å². The summed E-state index contributed by atoms with van der Waals surface area (Å²) in [6.07, 6.45) is 0. The Morgan fingerprint density at radius 3 is 2.38 bits per heavy atom. The smallest absolute Gasteiger partial charge is 0.241 e. The van der Waals surface area contributed by atoms with Crippen molar-refractivity contribution in [1.82, 2.24) is 9.55 Å². The van der Waals surface area contributed by atoms with Gasteiger partial charge in [0, 0.05) is 24.8 Å². The molecule has 0 radical (unpaired) electrons. The van der Waals surface area contributed by atoms with Gasteiger partial charge < -0.3 is 18.8 Å². The van der Waals surface area contributed by atoms with E-state index in [1.54, 1.807) is 32.4 Å². The van der Waals surface area contributed by atoms with Crippen LogP contribution in [0, 0.1) is 0 Å². The van der Waals surface area contributed by atoms with Crippen LogP contribution < -0.4 is 14.6 Å². The molecule has 8 nitrogen and oxygen atoms in total. The maximum atomic E-state index is 12.0. The number of ether oxygens (including phenoxy) is 3. The van der Waals surface area contributed by atoms with Gasteiger partial charge in [-0.15, -0.1) is 0 Å². The first-order valence-corrected chi connectivity index (χ1v) is 14.1. The third-order valence-electron chi connectivity index (χ3n) is 6.11. The number of fused-ring (bicyclic) bond motifs is 1. The number of benzene rings is 3. The van der Waals surface area contributed by atoms with E-state index in [9.17, 15) is 8.42 Å². The molecule has 1 aromatic heterocycles. The summed E-state index contributed by atoms with van der Waals surface area (Å²) in [5.74, 6) is 2.01. The van der Waals surface area contributed by atoms with Crippen molar-refractivity contribution >= 4 is 37.0 Å². The van der Waals surface area contributed by atoms with Crippen LogP contribution in [0.15, 0.2) is 64.0 Å². The summed E-state index contributed by atoms with van der Waals surface area (Å²) < 4.78 is 43.8. The molecule has 0 aliphatic heterocycles. The molecule has 0 saturated heterocycles. The lowest BCUT2D eigenvalue weighted by molar-refractivity contribution is 0.188. The van der Waals surface area contributed by atoms with E-state index < -0.39 is 10.0 Å². The van der Waals surface area contributed by atoms with Crippen LogP contribution in [-0.2, 0) is 27.9 Å². The van der Waals surface area contributed by atoms with E-state index >= 15 is 0 Å². The van der Waals surface area contributed by atoms with Gasteiger partial charge in [-0.1, -0.05) is 50.2 Å². The Hall–Kier alpha value is -2.92. The number of primary sulfonamides is 1. The van der Waals surface area contributed by atoms with Gasteiger partial charge in [-0.05, 0) is 45.6 Å². The molecule has 4 aromatic rings. The third kappa shape index (κ3) is 5.67. The first-order chi connectivity index (χ1) is 17.7. The Morgan fingerprint density at radius 1 is 1.05 bits per heavy atom. The van der Waals surface area contributed by atoms with Crippen molar-refractivity contribution in [3.8, 4) is 22.9 Å². The zero-order valence-corrected chi connectivity index (χ0v) is 23.6. The summed E-state index contributed by atoms with van der Waals surface area (Å²) in [6.45, 7) is 5.47. The predicted molar refractivity (Wildman–Crippen MR) is 148 cm³/mol. The number of rotatable bonds is 10. The molecule has 37 heavy (non-hydrogen) atoms. The van der Waals surface area contributed by atoms with Gasteiger partial charge in [0.2, 0.25) is 10.0 Å². The number of para-hydroxylation sites is 1. The van der Waals surface area contributed by atoms with Gasteiger partial charge in [0.05, 0.1) is 18.2 Å². The molecule has 0 aliphatic rings. The average Bonchev–Trinajstić information content (AvgIpc) is 3.26. The zero-order chi connectivity index (χ0) is 26.7. The summed E-state index contributed by atoms with van der Waals surface area (Å²) in [6, 6.07) is 16.5. The fraction of sp³-hybridized carbons (Fsp3) is 0.296. The van der Waals surface area contributed by atoms with Crippen molar-refractivity contribution in [1.29, 1.82) is 0 Å². The molecule has 4 rings (SSSR count). The number of methoxy groups -OCH3 is 2. The molecule has 0 aliphatic carbocycles. The van der Waals surface area contributed by atoms with Crippen molar-refractivity contribution < 1.29 is 22.6 Å². The highest BCUT2D eigenvalue weighted by Gasteiger charge is 2.22. The van der Waals surface area contributed by atoms with Crippen molar-refractivity contribution in [3.63, 3.8) is 0 Å². The minimum atomic E-state index is -3.93. The summed E-state index contributed by atoms with van der Waals surface area (Å²) in [5.41, 5.74) is 4.50. The molecule has 2 N–H and O–H groups in total. The molecule has 1 heterocycles. The topological polar surface area (TPSA) is 106 Å². The van der Waals surface area contributed by atoms with E-state index in [4.69, 9.17) is 24.3 Å². The maximum Gasteiger partial charge on any atom is 0.241 e. The van der Waals surface area contributed by atoms with Crippen LogP contribution in [-0.4, -0.2) is 38.8 Å². The minimum absolute atomic E-state index is 0.0722. The molecule has 10 heteroatoms. The second-order valence-electron chi connectivity index (χ2n) is 8.89. The monoisotopic (exact) mass is 587 g/mol. The fourth-order valence-corrected chi connectivity index (χ4v) is 5.34. The summed E-state index contributed by atoms with van der Waals surface area (Å²) in [4.78, 5) is 4.93. The molecule has 0 fully saturated rings. The Bertz CT molecular complexity index is 1520. The van der Waals surface area contributed by atoms with Crippen molar-refractivity contribution in [2.24, 2.45) is 5.14 Å². The largest absolute Gasteiger partial charge is 0.494 e. The van der Waals surface area contributed by atoms with Gasteiger partial charge in [0.15, 0.2) is 0 Å². The zero-order valence-electron chi connectivity index (χ0n) is 21.2. The second-order valence-corrected chi connectivity index (χ2v) is 11.2. The standard InChI is InChI=1S/C27H30BrN3O5S/c1-17(2)18-9-11-19(12-10-18)27-30-25-24(28)20(15-22(35-4)26(25)31(27)13-14-34-3)16-36-21-7-5-6-8-23(21)37(29,32)33/h5-12,15,17H,13-14,16H2,1-4H3,(H2,29,32,33). The minimum Gasteiger partial charge on any atom is -0.494 e. The van der Waals surface area contributed by atoms with Gasteiger partial charge in [0.1, 0.15) is 39.9 Å². The molecule has 0 bridgehead atoms. The first-order valence-electron chi connectivity index (χ1n) is 11.7. The van der Waals surface area contributed by atoms with Gasteiger partial charge in [-0.25, -0.2) is 18.5 Å². The Kier molecular flexibility index (Phi) is 8.23. The number of sulfonamides is 1. The highest BCUT2D eigenvalue weighted by Crippen LogP contribution is 2.39. The first kappa shape index (κ1) is 27.1. The van der Waals surface area contributed by atoms with E-state index in [1.807, 2.05) is 6.07 Å². The maximum absolute atomic E-state index is 12.0. The van der Waals surface area contributed by atoms with Crippen LogP contribution in [0.1, 0.15) is 30.9 Å². The van der Waals surface area contributed by atoms with Gasteiger partial charge in [0.25, 0.3) is 0 Å². The molecule has 0 saturated carbocycles. The summed E-state index contributed by atoms with van der Waals surface area (Å²) in [7, 11) is -0.664. The highest BCUT2D eigenvalue weighted by atomic mass is 79.9. The van der Waals surface area contributed by atoms with Crippen LogP contribution in [0.25, 0.3) is 22.4 Å². The lowest BCUT2D eigenvalue weighted by Crippen LogP contribution is -2.14. The van der Waals surface area contributed by atoms with E-state index in [0.717, 1.165) is 26.9 Å².